The average Bonchev–Trinajstić information content (AvgIpc) is 2.98. The molecule has 4 nitrogen and oxygen atoms in total. The number of likely N-dealkylation sites (tertiary alicyclic amines) is 2. The first-order valence-corrected chi connectivity index (χ1v) is 16.8. The highest BCUT2D eigenvalue weighted by atomic mass is 35.5. The van der Waals surface area contributed by atoms with Crippen molar-refractivity contribution in [1.29, 1.82) is 0 Å². The number of rotatable bonds is 7. The highest BCUT2D eigenvalue weighted by molar-refractivity contribution is 6.35. The van der Waals surface area contributed by atoms with Crippen LogP contribution < -0.4 is 10.6 Å². The van der Waals surface area contributed by atoms with E-state index < -0.39 is 0 Å². The van der Waals surface area contributed by atoms with E-state index in [4.69, 9.17) is 23.2 Å². The third-order valence-corrected chi connectivity index (χ3v) is 10.9. The summed E-state index contributed by atoms with van der Waals surface area (Å²) in [6.07, 6.45) is 10.9. The van der Waals surface area contributed by atoms with E-state index in [-0.39, 0.29) is 0 Å². The van der Waals surface area contributed by atoms with Gasteiger partial charge < -0.3 is 10.6 Å². The molecule has 2 aromatic rings. The number of piperidine rings is 4. The van der Waals surface area contributed by atoms with E-state index in [0.29, 0.717) is 10.0 Å². The highest BCUT2D eigenvalue weighted by Gasteiger charge is 2.29. The Morgan fingerprint density at radius 3 is 1.30 bits per heavy atom. The number of hydrogen-bond acceptors (Lipinski definition) is 4. The first-order valence-electron chi connectivity index (χ1n) is 16.0. The van der Waals surface area contributed by atoms with Gasteiger partial charge in [0.15, 0.2) is 0 Å². The number of hydrogen-bond donors (Lipinski definition) is 2. The number of halogens is 2. The molecular weight excluding hydrogens is 535 g/mol. The maximum Gasteiger partial charge on any atom is 0.0426 e. The van der Waals surface area contributed by atoms with Crippen LogP contribution in [0.4, 0.5) is 0 Å². The van der Waals surface area contributed by atoms with Gasteiger partial charge in [0.25, 0.3) is 0 Å². The average molecular weight is 584 g/mol. The van der Waals surface area contributed by atoms with Crippen molar-refractivity contribution in [2.75, 3.05) is 52.4 Å². The van der Waals surface area contributed by atoms with E-state index in [0.717, 1.165) is 42.3 Å². The first-order chi connectivity index (χ1) is 19.6. The van der Waals surface area contributed by atoms with Crippen molar-refractivity contribution in [1.82, 2.24) is 20.4 Å². The Balaban J connectivity index is 1.13. The summed E-state index contributed by atoms with van der Waals surface area (Å²) in [5.74, 6) is 3.71. The van der Waals surface area contributed by atoms with Crippen LogP contribution in [-0.4, -0.2) is 62.2 Å². The molecule has 2 aromatic carbocycles. The van der Waals surface area contributed by atoms with Crippen molar-refractivity contribution < 1.29 is 0 Å². The third-order valence-electron chi connectivity index (χ3n) is 10.4. The number of benzene rings is 2. The number of nitrogens with one attached hydrogen (secondary N) is 2. The summed E-state index contributed by atoms with van der Waals surface area (Å²) in [5, 5.41) is 8.49. The first kappa shape index (κ1) is 29.0. The van der Waals surface area contributed by atoms with Crippen LogP contribution in [0.1, 0.15) is 62.5 Å². The third kappa shape index (κ3) is 7.62. The largest absolute Gasteiger partial charge is 0.317 e. The maximum absolute atomic E-state index is 6.44. The second-order valence-electron chi connectivity index (χ2n) is 13.1. The van der Waals surface area contributed by atoms with Gasteiger partial charge in [0, 0.05) is 23.1 Å². The van der Waals surface area contributed by atoms with Gasteiger partial charge in [-0.05, 0) is 180 Å². The standard InChI is InChI=1S/C34H48Cl2N4/c35-33-20-32(21-34(36)22-33)31-18-25(23-39-13-5-29(6-14-39)27-1-9-37-10-2-27)17-26(19-31)24-40-15-7-30(8-16-40)28-3-11-38-12-4-28/h17-22,27-30,37-38H,1-16,23-24H2. The molecule has 6 heteroatoms. The van der Waals surface area contributed by atoms with Gasteiger partial charge in [-0.1, -0.05) is 29.3 Å². The SMILES string of the molecule is Clc1cc(Cl)cc(-c2cc(CN3CCC(C4CCNCC4)CC3)cc(CN3CCC(C4CCNCC4)CC3)c2)c1. The molecule has 0 bridgehead atoms. The Kier molecular flexibility index (Phi) is 10.1. The van der Waals surface area contributed by atoms with E-state index in [2.05, 4.69) is 50.8 Å². The van der Waals surface area contributed by atoms with Crippen LogP contribution in [-0.2, 0) is 13.1 Å². The molecule has 218 valence electrons. The summed E-state index contributed by atoms with van der Waals surface area (Å²) >= 11 is 12.9. The molecule has 0 radical (unpaired) electrons. The summed E-state index contributed by atoms with van der Waals surface area (Å²) in [6, 6.07) is 13.2. The molecule has 6 rings (SSSR count). The Hall–Kier alpha value is -1.14. The van der Waals surface area contributed by atoms with E-state index >= 15 is 0 Å². The van der Waals surface area contributed by atoms with Crippen molar-refractivity contribution >= 4 is 23.2 Å². The molecule has 0 amide bonds. The van der Waals surface area contributed by atoms with E-state index in [9.17, 15) is 0 Å². The van der Waals surface area contributed by atoms with Crippen molar-refractivity contribution in [2.45, 2.75) is 64.5 Å². The summed E-state index contributed by atoms with van der Waals surface area (Å²) in [4.78, 5) is 5.38. The van der Waals surface area contributed by atoms with Crippen LogP contribution in [0.5, 0.6) is 0 Å². The normalized spacial score (nSPS) is 23.6. The fourth-order valence-electron chi connectivity index (χ4n) is 8.14. The van der Waals surface area contributed by atoms with Gasteiger partial charge in [-0.2, -0.15) is 0 Å². The molecule has 4 saturated heterocycles. The van der Waals surface area contributed by atoms with Crippen molar-refractivity contribution in [3.05, 3.63) is 57.6 Å². The second kappa shape index (κ2) is 13.9. The van der Waals surface area contributed by atoms with Crippen LogP contribution >= 0.6 is 23.2 Å². The van der Waals surface area contributed by atoms with Gasteiger partial charge in [0.2, 0.25) is 0 Å². The molecule has 0 spiro atoms. The van der Waals surface area contributed by atoms with Gasteiger partial charge in [-0.25, -0.2) is 0 Å². The quantitative estimate of drug-likeness (QED) is 0.365. The Morgan fingerprint density at radius 1 is 0.500 bits per heavy atom. The predicted molar refractivity (Wildman–Crippen MR) is 169 cm³/mol. The second-order valence-corrected chi connectivity index (χ2v) is 14.0. The zero-order chi connectivity index (χ0) is 27.3. The van der Waals surface area contributed by atoms with Crippen LogP contribution in [0.2, 0.25) is 10.0 Å². The lowest BCUT2D eigenvalue weighted by Gasteiger charge is -2.38. The fraction of sp³-hybridized carbons (Fsp3) is 0.647. The summed E-state index contributed by atoms with van der Waals surface area (Å²) in [7, 11) is 0. The van der Waals surface area contributed by atoms with Gasteiger partial charge >= 0.3 is 0 Å². The maximum atomic E-state index is 6.44. The van der Waals surface area contributed by atoms with Gasteiger partial charge in [-0.3, -0.25) is 9.80 Å². The molecule has 40 heavy (non-hydrogen) atoms. The molecular formula is C34H48Cl2N4. The Labute approximate surface area is 252 Å². The molecule has 4 fully saturated rings. The molecule has 2 N–H and O–H groups in total. The van der Waals surface area contributed by atoms with E-state index in [1.807, 2.05) is 6.07 Å². The summed E-state index contributed by atoms with van der Waals surface area (Å²) < 4.78 is 0. The lowest BCUT2D eigenvalue weighted by atomic mass is 9.79. The zero-order valence-corrected chi connectivity index (χ0v) is 25.7. The molecule has 0 unspecified atom stereocenters. The number of nitrogens with zero attached hydrogens (tertiary/aromatic N) is 2. The topological polar surface area (TPSA) is 30.5 Å². The zero-order valence-electron chi connectivity index (χ0n) is 24.2. The minimum atomic E-state index is 0.703. The predicted octanol–water partition coefficient (Wildman–Crippen LogP) is 7.08. The van der Waals surface area contributed by atoms with Gasteiger partial charge in [0.1, 0.15) is 0 Å². The Bertz CT molecular complexity index is 1020. The fourth-order valence-corrected chi connectivity index (χ4v) is 8.67. The van der Waals surface area contributed by atoms with Crippen LogP contribution in [0.15, 0.2) is 36.4 Å². The molecule has 0 saturated carbocycles. The minimum absolute atomic E-state index is 0.703. The van der Waals surface area contributed by atoms with Crippen LogP contribution in [0.25, 0.3) is 11.1 Å². The van der Waals surface area contributed by atoms with Gasteiger partial charge in [0.05, 0.1) is 0 Å². The van der Waals surface area contributed by atoms with E-state index in [1.54, 1.807) is 0 Å². The molecule has 4 aliphatic rings. The van der Waals surface area contributed by atoms with Crippen LogP contribution in [0.3, 0.4) is 0 Å². The van der Waals surface area contributed by atoms with E-state index in [1.165, 1.54) is 120 Å². The van der Waals surface area contributed by atoms with Crippen molar-refractivity contribution in [3.8, 4) is 11.1 Å². The van der Waals surface area contributed by atoms with Crippen molar-refractivity contribution in [3.63, 3.8) is 0 Å². The van der Waals surface area contributed by atoms with Crippen LogP contribution in [0, 0.1) is 23.7 Å². The lowest BCUT2D eigenvalue weighted by Crippen LogP contribution is -2.39. The smallest absolute Gasteiger partial charge is 0.0426 e. The minimum Gasteiger partial charge on any atom is -0.317 e. The Morgan fingerprint density at radius 2 is 0.875 bits per heavy atom. The summed E-state index contributed by atoms with van der Waals surface area (Å²) in [6.45, 7) is 11.8. The molecule has 4 aliphatic heterocycles. The molecule has 4 heterocycles. The molecule has 0 atom stereocenters. The van der Waals surface area contributed by atoms with Crippen molar-refractivity contribution in [2.24, 2.45) is 23.7 Å². The summed E-state index contributed by atoms with van der Waals surface area (Å²) in [5.41, 5.74) is 5.21. The highest BCUT2D eigenvalue weighted by Crippen LogP contribution is 2.34. The molecule has 0 aromatic heterocycles. The van der Waals surface area contributed by atoms with Gasteiger partial charge in [-0.15, -0.1) is 0 Å². The monoisotopic (exact) mass is 582 g/mol. The lowest BCUT2D eigenvalue weighted by molar-refractivity contribution is 0.124. The molecule has 0 aliphatic carbocycles.